The molecule has 0 aromatic heterocycles. The van der Waals surface area contributed by atoms with Gasteiger partial charge in [0, 0.05) is 24.5 Å². The third-order valence-electron chi connectivity index (χ3n) is 1.57. The van der Waals surface area contributed by atoms with Crippen molar-refractivity contribution in [2.45, 2.75) is 38.6 Å². The Morgan fingerprint density at radius 2 is 1.67 bits per heavy atom. The molecule has 0 amide bonds. The molecule has 0 aliphatic heterocycles. The van der Waals surface area contributed by atoms with Crippen molar-refractivity contribution in [1.82, 2.24) is 0 Å². The first-order valence-corrected chi connectivity index (χ1v) is 7.54. The van der Waals surface area contributed by atoms with Gasteiger partial charge < -0.3 is 8.85 Å². The summed E-state index contributed by atoms with van der Waals surface area (Å²) >= 11 is 4.35. The number of hydrogen-bond donors (Lipinski definition) is 1. The van der Waals surface area contributed by atoms with Crippen molar-refractivity contribution in [2.75, 3.05) is 13.2 Å². The minimum absolute atomic E-state index is 0.361. The fourth-order valence-corrected chi connectivity index (χ4v) is 4.92. The molecule has 0 saturated carbocycles. The first kappa shape index (κ1) is 12.5. The number of rotatable bonds is 6. The summed E-state index contributed by atoms with van der Waals surface area (Å²) in [7, 11) is -1.89. The number of hydrogen-bond acceptors (Lipinski definition) is 3. The van der Waals surface area contributed by atoms with Gasteiger partial charge in [-0.2, -0.15) is 12.6 Å². The topological polar surface area (TPSA) is 18.5 Å². The lowest BCUT2D eigenvalue weighted by Crippen LogP contribution is -2.40. The highest BCUT2D eigenvalue weighted by atomic mass is 32.1. The molecular formula is C8H20O2SSi. The molecule has 2 nitrogen and oxygen atoms in total. The minimum Gasteiger partial charge on any atom is -0.395 e. The normalized spacial score (nSPS) is 14.8. The van der Waals surface area contributed by atoms with Gasteiger partial charge in [-0.3, -0.25) is 0 Å². The molecule has 0 fully saturated rings. The summed E-state index contributed by atoms with van der Waals surface area (Å²) in [4.78, 5) is 0. The Balaban J connectivity index is 3.98. The van der Waals surface area contributed by atoms with Crippen LogP contribution < -0.4 is 0 Å². The average Bonchev–Trinajstić information content (AvgIpc) is 1.85. The molecular weight excluding hydrogens is 188 g/mol. The quantitative estimate of drug-likeness (QED) is 0.534. The Bertz CT molecular complexity index is 114. The molecule has 0 aromatic rings. The molecule has 0 bridgehead atoms. The van der Waals surface area contributed by atoms with Gasteiger partial charge in [-0.25, -0.2) is 0 Å². The summed E-state index contributed by atoms with van der Waals surface area (Å²) in [6, 6.07) is 0.956. The lowest BCUT2D eigenvalue weighted by molar-refractivity contribution is 0.189. The average molecular weight is 208 g/mol. The zero-order valence-electron chi connectivity index (χ0n) is 8.46. The SMILES string of the molecule is CCO[Si](C)(CC(C)S)OCC. The molecule has 0 N–H and O–H groups in total. The Morgan fingerprint density at radius 1 is 1.25 bits per heavy atom. The molecule has 12 heavy (non-hydrogen) atoms. The van der Waals surface area contributed by atoms with Gasteiger partial charge in [-0.05, 0) is 20.4 Å². The van der Waals surface area contributed by atoms with Crippen LogP contribution in [0.1, 0.15) is 20.8 Å². The smallest absolute Gasteiger partial charge is 0.336 e. The van der Waals surface area contributed by atoms with Gasteiger partial charge >= 0.3 is 8.56 Å². The van der Waals surface area contributed by atoms with E-state index in [0.29, 0.717) is 5.25 Å². The minimum atomic E-state index is -1.89. The van der Waals surface area contributed by atoms with E-state index in [-0.39, 0.29) is 0 Å². The van der Waals surface area contributed by atoms with E-state index < -0.39 is 8.56 Å². The zero-order valence-corrected chi connectivity index (χ0v) is 10.4. The molecule has 74 valence electrons. The maximum atomic E-state index is 5.65. The highest BCUT2D eigenvalue weighted by molar-refractivity contribution is 7.81. The molecule has 0 aromatic carbocycles. The van der Waals surface area contributed by atoms with Crippen molar-refractivity contribution in [3.63, 3.8) is 0 Å². The summed E-state index contributed by atoms with van der Waals surface area (Å²) in [5.41, 5.74) is 0. The van der Waals surface area contributed by atoms with Crippen LogP contribution in [0.25, 0.3) is 0 Å². The third kappa shape index (κ3) is 5.19. The molecule has 0 aliphatic carbocycles. The van der Waals surface area contributed by atoms with Crippen molar-refractivity contribution in [3.8, 4) is 0 Å². The predicted octanol–water partition coefficient (Wildman–Crippen LogP) is 2.45. The molecule has 4 heteroatoms. The molecule has 0 spiro atoms. The van der Waals surface area contributed by atoms with E-state index in [1.54, 1.807) is 0 Å². The highest BCUT2D eigenvalue weighted by Gasteiger charge is 2.31. The summed E-state index contributed by atoms with van der Waals surface area (Å²) in [5.74, 6) is 0. The standard InChI is InChI=1S/C8H20O2SSi/c1-5-9-12(4,10-6-2)7-8(3)11/h8,11H,5-7H2,1-4H3. The van der Waals surface area contributed by atoms with Crippen LogP contribution in [0.4, 0.5) is 0 Å². The molecule has 0 radical (unpaired) electrons. The maximum absolute atomic E-state index is 5.65. The summed E-state index contributed by atoms with van der Waals surface area (Å²) < 4.78 is 11.3. The maximum Gasteiger partial charge on any atom is 0.336 e. The van der Waals surface area contributed by atoms with Crippen LogP contribution in [0, 0.1) is 0 Å². The Morgan fingerprint density at radius 3 is 1.92 bits per heavy atom. The van der Waals surface area contributed by atoms with E-state index in [0.717, 1.165) is 19.3 Å². The van der Waals surface area contributed by atoms with E-state index in [9.17, 15) is 0 Å². The fraction of sp³-hybridized carbons (Fsp3) is 1.00. The largest absolute Gasteiger partial charge is 0.395 e. The number of thiol groups is 1. The van der Waals surface area contributed by atoms with Gasteiger partial charge in [-0.15, -0.1) is 0 Å². The van der Waals surface area contributed by atoms with E-state index >= 15 is 0 Å². The van der Waals surface area contributed by atoms with Crippen LogP contribution in [0.2, 0.25) is 12.6 Å². The van der Waals surface area contributed by atoms with Crippen LogP contribution in [-0.2, 0) is 8.85 Å². The van der Waals surface area contributed by atoms with Gasteiger partial charge in [0.2, 0.25) is 0 Å². The second-order valence-corrected chi connectivity index (χ2v) is 7.19. The lowest BCUT2D eigenvalue weighted by atomic mass is 10.6. The van der Waals surface area contributed by atoms with Gasteiger partial charge in [0.05, 0.1) is 0 Å². The van der Waals surface area contributed by atoms with Gasteiger partial charge in [0.15, 0.2) is 0 Å². The van der Waals surface area contributed by atoms with E-state index in [1.807, 2.05) is 13.8 Å². The van der Waals surface area contributed by atoms with Crippen molar-refractivity contribution in [2.24, 2.45) is 0 Å². The summed E-state index contributed by atoms with van der Waals surface area (Å²) in [6.45, 7) is 9.67. The first-order chi connectivity index (χ1) is 5.54. The molecule has 0 heterocycles. The zero-order chi connectivity index (χ0) is 9.61. The Kier molecular flexibility index (Phi) is 6.26. The van der Waals surface area contributed by atoms with Crippen LogP contribution >= 0.6 is 12.6 Å². The van der Waals surface area contributed by atoms with Gasteiger partial charge in [-0.1, -0.05) is 6.92 Å². The van der Waals surface area contributed by atoms with Gasteiger partial charge in [0.1, 0.15) is 0 Å². The van der Waals surface area contributed by atoms with Crippen molar-refractivity contribution < 1.29 is 8.85 Å². The van der Waals surface area contributed by atoms with E-state index in [4.69, 9.17) is 8.85 Å². The molecule has 0 saturated heterocycles. The van der Waals surface area contributed by atoms with E-state index in [2.05, 4.69) is 26.1 Å². The molecule has 0 aliphatic rings. The molecule has 1 unspecified atom stereocenters. The van der Waals surface area contributed by atoms with Crippen LogP contribution in [0.3, 0.4) is 0 Å². The Labute approximate surface area is 82.3 Å². The monoisotopic (exact) mass is 208 g/mol. The van der Waals surface area contributed by atoms with Crippen LogP contribution in [-0.4, -0.2) is 27.0 Å². The van der Waals surface area contributed by atoms with Crippen molar-refractivity contribution in [1.29, 1.82) is 0 Å². The van der Waals surface area contributed by atoms with Crippen LogP contribution in [0.15, 0.2) is 0 Å². The summed E-state index contributed by atoms with van der Waals surface area (Å²) in [6.07, 6.45) is 0. The highest BCUT2D eigenvalue weighted by Crippen LogP contribution is 2.18. The third-order valence-corrected chi connectivity index (χ3v) is 5.24. The summed E-state index contributed by atoms with van der Waals surface area (Å²) in [5, 5.41) is 0.361. The Hall–Kier alpha value is 0.487. The lowest BCUT2D eigenvalue weighted by Gasteiger charge is -2.27. The molecule has 0 rings (SSSR count). The predicted molar refractivity (Wildman–Crippen MR) is 58.1 cm³/mol. The fourth-order valence-electron chi connectivity index (χ4n) is 1.31. The second-order valence-electron chi connectivity index (χ2n) is 3.05. The first-order valence-electron chi connectivity index (χ1n) is 4.50. The van der Waals surface area contributed by atoms with E-state index in [1.165, 1.54) is 0 Å². The van der Waals surface area contributed by atoms with Crippen molar-refractivity contribution >= 4 is 21.2 Å². The van der Waals surface area contributed by atoms with Gasteiger partial charge in [0.25, 0.3) is 0 Å². The second kappa shape index (κ2) is 6.02. The van der Waals surface area contributed by atoms with Crippen molar-refractivity contribution in [3.05, 3.63) is 0 Å². The van der Waals surface area contributed by atoms with Crippen LogP contribution in [0.5, 0.6) is 0 Å². The molecule has 1 atom stereocenters.